The second-order valence-corrected chi connectivity index (χ2v) is 4.71. The molecule has 2 aromatic heterocycles. The van der Waals surface area contributed by atoms with E-state index in [2.05, 4.69) is 44.1 Å². The SMILES string of the molecule is Ic1cnn(CCNCc2cccnc2)c1. The van der Waals surface area contributed by atoms with E-state index in [-0.39, 0.29) is 0 Å². The van der Waals surface area contributed by atoms with Crippen molar-refractivity contribution in [2.75, 3.05) is 6.54 Å². The second-order valence-electron chi connectivity index (χ2n) is 3.46. The number of pyridine rings is 1. The topological polar surface area (TPSA) is 42.7 Å². The molecule has 0 saturated carbocycles. The van der Waals surface area contributed by atoms with E-state index in [1.807, 2.05) is 29.3 Å². The maximum atomic E-state index is 4.22. The van der Waals surface area contributed by atoms with Crippen LogP contribution in [-0.2, 0) is 13.1 Å². The van der Waals surface area contributed by atoms with E-state index in [0.717, 1.165) is 19.6 Å². The van der Waals surface area contributed by atoms with Crippen LogP contribution in [0.4, 0.5) is 0 Å². The summed E-state index contributed by atoms with van der Waals surface area (Å²) in [6, 6.07) is 4.02. The Kier molecular flexibility index (Phi) is 4.29. The zero-order chi connectivity index (χ0) is 11.2. The van der Waals surface area contributed by atoms with Gasteiger partial charge in [-0.05, 0) is 34.2 Å². The maximum absolute atomic E-state index is 4.22. The van der Waals surface area contributed by atoms with Crippen molar-refractivity contribution in [3.8, 4) is 0 Å². The summed E-state index contributed by atoms with van der Waals surface area (Å²) in [6.07, 6.45) is 7.56. The summed E-state index contributed by atoms with van der Waals surface area (Å²) in [5, 5.41) is 7.57. The third-order valence-electron chi connectivity index (χ3n) is 2.17. The molecule has 0 aliphatic carbocycles. The number of hydrogen-bond donors (Lipinski definition) is 1. The molecule has 0 unspecified atom stereocenters. The third kappa shape index (κ3) is 3.57. The van der Waals surface area contributed by atoms with Gasteiger partial charge in [0.2, 0.25) is 0 Å². The van der Waals surface area contributed by atoms with E-state index in [1.54, 1.807) is 6.20 Å². The molecule has 0 atom stereocenters. The molecule has 0 amide bonds. The highest BCUT2D eigenvalue weighted by Gasteiger charge is 1.95. The Morgan fingerprint density at radius 2 is 2.31 bits per heavy atom. The summed E-state index contributed by atoms with van der Waals surface area (Å²) in [5.74, 6) is 0. The fourth-order valence-corrected chi connectivity index (χ4v) is 1.84. The first kappa shape index (κ1) is 11.5. The van der Waals surface area contributed by atoms with Gasteiger partial charge in [0.05, 0.1) is 16.3 Å². The second kappa shape index (κ2) is 5.95. The van der Waals surface area contributed by atoms with Gasteiger partial charge < -0.3 is 5.32 Å². The van der Waals surface area contributed by atoms with Crippen molar-refractivity contribution in [2.45, 2.75) is 13.1 Å². The molecule has 0 radical (unpaired) electrons. The zero-order valence-corrected chi connectivity index (χ0v) is 11.0. The van der Waals surface area contributed by atoms with Crippen LogP contribution in [0, 0.1) is 3.57 Å². The summed E-state index contributed by atoms with van der Waals surface area (Å²) in [6.45, 7) is 2.65. The highest BCUT2D eigenvalue weighted by atomic mass is 127. The average Bonchev–Trinajstić information content (AvgIpc) is 2.72. The van der Waals surface area contributed by atoms with Crippen LogP contribution in [0.15, 0.2) is 36.9 Å². The zero-order valence-electron chi connectivity index (χ0n) is 8.81. The van der Waals surface area contributed by atoms with Crippen LogP contribution in [0.3, 0.4) is 0 Å². The number of nitrogens with one attached hydrogen (secondary N) is 1. The van der Waals surface area contributed by atoms with Crippen molar-refractivity contribution in [3.63, 3.8) is 0 Å². The number of rotatable bonds is 5. The molecule has 0 aliphatic rings. The van der Waals surface area contributed by atoms with Gasteiger partial charge in [0, 0.05) is 31.7 Å². The molecule has 84 valence electrons. The monoisotopic (exact) mass is 328 g/mol. The molecule has 1 N–H and O–H groups in total. The Labute approximate surface area is 108 Å². The number of halogens is 1. The molecule has 0 spiro atoms. The minimum atomic E-state index is 0.853. The first-order valence-corrected chi connectivity index (χ1v) is 6.20. The first-order chi connectivity index (χ1) is 7.84. The molecule has 4 nitrogen and oxygen atoms in total. The van der Waals surface area contributed by atoms with Crippen molar-refractivity contribution >= 4 is 22.6 Å². The summed E-state index contributed by atoms with van der Waals surface area (Å²) >= 11 is 2.26. The fraction of sp³-hybridized carbons (Fsp3) is 0.273. The Bertz CT molecular complexity index is 427. The fourth-order valence-electron chi connectivity index (χ4n) is 1.39. The molecule has 0 fully saturated rings. The molecule has 0 bridgehead atoms. The van der Waals surface area contributed by atoms with Gasteiger partial charge >= 0.3 is 0 Å². The first-order valence-electron chi connectivity index (χ1n) is 5.12. The van der Waals surface area contributed by atoms with Gasteiger partial charge in [-0.2, -0.15) is 5.10 Å². The van der Waals surface area contributed by atoms with Crippen LogP contribution >= 0.6 is 22.6 Å². The lowest BCUT2D eigenvalue weighted by molar-refractivity contribution is 0.554. The van der Waals surface area contributed by atoms with E-state index in [9.17, 15) is 0 Å². The summed E-state index contributed by atoms with van der Waals surface area (Å²) in [7, 11) is 0. The van der Waals surface area contributed by atoms with Gasteiger partial charge in [-0.15, -0.1) is 0 Å². The molecule has 2 heterocycles. The molecule has 5 heteroatoms. The Morgan fingerprint density at radius 3 is 3.00 bits per heavy atom. The van der Waals surface area contributed by atoms with E-state index in [4.69, 9.17) is 0 Å². The molecule has 2 aromatic rings. The van der Waals surface area contributed by atoms with Gasteiger partial charge in [-0.3, -0.25) is 9.67 Å². The van der Waals surface area contributed by atoms with Crippen molar-refractivity contribution in [1.82, 2.24) is 20.1 Å². The van der Waals surface area contributed by atoms with Crippen LogP contribution in [0.2, 0.25) is 0 Å². The largest absolute Gasteiger partial charge is 0.311 e. The molecule has 0 saturated heterocycles. The van der Waals surface area contributed by atoms with Crippen LogP contribution in [0.25, 0.3) is 0 Å². The Balaban J connectivity index is 1.69. The van der Waals surface area contributed by atoms with E-state index >= 15 is 0 Å². The highest BCUT2D eigenvalue weighted by molar-refractivity contribution is 14.1. The van der Waals surface area contributed by atoms with E-state index in [1.165, 1.54) is 9.13 Å². The van der Waals surface area contributed by atoms with E-state index < -0.39 is 0 Å². The van der Waals surface area contributed by atoms with Crippen molar-refractivity contribution < 1.29 is 0 Å². The lowest BCUT2D eigenvalue weighted by atomic mass is 10.3. The highest BCUT2D eigenvalue weighted by Crippen LogP contribution is 2.00. The van der Waals surface area contributed by atoms with Gasteiger partial charge in [-0.1, -0.05) is 6.07 Å². The lowest BCUT2D eigenvalue weighted by Gasteiger charge is -2.04. The van der Waals surface area contributed by atoms with Crippen LogP contribution < -0.4 is 5.32 Å². The molecule has 0 aromatic carbocycles. The summed E-state index contributed by atoms with van der Waals surface area (Å²) < 4.78 is 3.11. The molecule has 16 heavy (non-hydrogen) atoms. The smallest absolute Gasteiger partial charge is 0.0623 e. The van der Waals surface area contributed by atoms with Gasteiger partial charge in [-0.25, -0.2) is 0 Å². The Hall–Kier alpha value is -0.950. The molecule has 2 rings (SSSR count). The molecular formula is C11H13IN4. The Morgan fingerprint density at radius 1 is 1.38 bits per heavy atom. The maximum Gasteiger partial charge on any atom is 0.0623 e. The lowest BCUT2D eigenvalue weighted by Crippen LogP contribution is -2.19. The van der Waals surface area contributed by atoms with Gasteiger partial charge in [0.1, 0.15) is 0 Å². The van der Waals surface area contributed by atoms with E-state index in [0.29, 0.717) is 0 Å². The van der Waals surface area contributed by atoms with Crippen LogP contribution in [0.1, 0.15) is 5.56 Å². The average molecular weight is 328 g/mol. The third-order valence-corrected chi connectivity index (χ3v) is 2.73. The minimum Gasteiger partial charge on any atom is -0.311 e. The normalized spacial score (nSPS) is 10.6. The van der Waals surface area contributed by atoms with Crippen molar-refractivity contribution in [3.05, 3.63) is 46.1 Å². The van der Waals surface area contributed by atoms with Gasteiger partial charge in [0.25, 0.3) is 0 Å². The molecular weight excluding hydrogens is 315 g/mol. The quantitative estimate of drug-likeness (QED) is 0.671. The minimum absolute atomic E-state index is 0.853. The summed E-state index contributed by atoms with van der Waals surface area (Å²) in [5.41, 5.74) is 1.21. The standard InChI is InChI=1S/C11H13IN4/c12-11-8-15-16(9-11)5-4-14-7-10-2-1-3-13-6-10/h1-3,6,8-9,14H,4-5,7H2. The van der Waals surface area contributed by atoms with Crippen LogP contribution in [-0.4, -0.2) is 21.3 Å². The summed E-state index contributed by atoms with van der Waals surface area (Å²) in [4.78, 5) is 4.07. The predicted molar refractivity (Wildman–Crippen MR) is 70.9 cm³/mol. The van der Waals surface area contributed by atoms with Crippen LogP contribution in [0.5, 0.6) is 0 Å². The molecule has 0 aliphatic heterocycles. The van der Waals surface area contributed by atoms with Crippen molar-refractivity contribution in [2.24, 2.45) is 0 Å². The van der Waals surface area contributed by atoms with Crippen molar-refractivity contribution in [1.29, 1.82) is 0 Å². The number of aromatic nitrogens is 3. The number of nitrogens with zero attached hydrogens (tertiary/aromatic N) is 3. The predicted octanol–water partition coefficient (Wildman–Crippen LogP) is 1.67. The number of hydrogen-bond acceptors (Lipinski definition) is 3. The van der Waals surface area contributed by atoms with Gasteiger partial charge in [0.15, 0.2) is 0 Å².